The largest absolute Gasteiger partial charge is 0.480 e. The van der Waals surface area contributed by atoms with Crippen LogP contribution in [0, 0.1) is 5.92 Å². The molecule has 1 saturated heterocycles. The number of hydrogen-bond acceptors (Lipinski definition) is 4. The Bertz CT molecular complexity index is 297. The molecule has 0 spiro atoms. The van der Waals surface area contributed by atoms with Gasteiger partial charge in [0.2, 0.25) is 0 Å². The average molecular weight is 260 g/mol. The number of nitrogens with zero attached hydrogens (tertiary/aromatic N) is 1. The first-order valence-corrected chi connectivity index (χ1v) is 6.08. The molecular weight excluding hydrogens is 240 g/mol. The van der Waals surface area contributed by atoms with E-state index in [1.807, 2.05) is 0 Å². The second-order valence-corrected chi connectivity index (χ2v) is 4.47. The lowest BCUT2D eigenvalue weighted by Crippen LogP contribution is -2.47. The molecule has 4 N–H and O–H groups in total. The number of carbonyl (C=O) groups excluding carboxylic acids is 1. The van der Waals surface area contributed by atoms with Crippen LogP contribution in [0.2, 0.25) is 0 Å². The normalized spacial score (nSPS) is 20.8. The maximum Gasteiger partial charge on any atom is 0.326 e. The van der Waals surface area contributed by atoms with Crippen molar-refractivity contribution >= 4 is 12.0 Å². The van der Waals surface area contributed by atoms with Crippen LogP contribution in [-0.4, -0.2) is 64.6 Å². The lowest BCUT2D eigenvalue weighted by atomic mass is 10.1. The van der Waals surface area contributed by atoms with Crippen molar-refractivity contribution in [3.8, 4) is 0 Å². The number of hydrogen-bond donors (Lipinski definition) is 4. The van der Waals surface area contributed by atoms with E-state index in [1.165, 1.54) is 0 Å². The van der Waals surface area contributed by atoms with E-state index in [4.69, 9.17) is 15.3 Å². The molecule has 2 amide bonds. The molecule has 1 heterocycles. The minimum atomic E-state index is -1.15. The molecule has 0 aromatic carbocycles. The molecule has 1 rings (SSSR count). The first kappa shape index (κ1) is 14.7. The summed E-state index contributed by atoms with van der Waals surface area (Å²) in [4.78, 5) is 24.2. The minimum Gasteiger partial charge on any atom is -0.480 e. The summed E-state index contributed by atoms with van der Waals surface area (Å²) in [6.07, 6.45) is 1.48. The Balaban J connectivity index is 2.42. The highest BCUT2D eigenvalue weighted by molar-refractivity contribution is 5.82. The predicted octanol–water partition coefficient (Wildman–Crippen LogP) is -0.764. The molecule has 1 unspecified atom stereocenters. The van der Waals surface area contributed by atoms with Gasteiger partial charge < -0.3 is 25.5 Å². The number of likely N-dealkylation sites (tertiary alicyclic amines) is 1. The van der Waals surface area contributed by atoms with E-state index in [9.17, 15) is 9.59 Å². The fourth-order valence-corrected chi connectivity index (χ4v) is 2.06. The molecular formula is C11H20N2O5. The maximum absolute atomic E-state index is 11.8. The zero-order chi connectivity index (χ0) is 13.5. The molecule has 104 valence electrons. The fraction of sp³-hybridized carbons (Fsp3) is 0.818. The predicted molar refractivity (Wildman–Crippen MR) is 63.0 cm³/mol. The van der Waals surface area contributed by atoms with Gasteiger partial charge in [0.25, 0.3) is 0 Å². The van der Waals surface area contributed by atoms with Crippen molar-refractivity contribution in [2.24, 2.45) is 5.92 Å². The van der Waals surface area contributed by atoms with Crippen LogP contribution in [0.1, 0.15) is 19.3 Å². The lowest BCUT2D eigenvalue weighted by Gasteiger charge is -2.20. The summed E-state index contributed by atoms with van der Waals surface area (Å²) in [7, 11) is 0. The van der Waals surface area contributed by atoms with E-state index < -0.39 is 18.0 Å². The molecule has 1 aliphatic heterocycles. The fourth-order valence-electron chi connectivity index (χ4n) is 2.06. The van der Waals surface area contributed by atoms with Crippen molar-refractivity contribution in [3.05, 3.63) is 0 Å². The summed E-state index contributed by atoms with van der Waals surface area (Å²) in [5.74, 6) is -0.870. The van der Waals surface area contributed by atoms with Crippen molar-refractivity contribution in [2.45, 2.75) is 25.3 Å². The quantitative estimate of drug-likeness (QED) is 0.501. The van der Waals surface area contributed by atoms with E-state index in [0.717, 1.165) is 6.42 Å². The number of nitrogens with one attached hydrogen (secondary N) is 1. The molecule has 1 fully saturated rings. The summed E-state index contributed by atoms with van der Waals surface area (Å²) in [5.41, 5.74) is 0. The third-order valence-electron chi connectivity index (χ3n) is 3.12. The van der Waals surface area contributed by atoms with Gasteiger partial charge in [0.15, 0.2) is 0 Å². The number of aliphatic hydroxyl groups excluding tert-OH is 2. The van der Waals surface area contributed by atoms with Gasteiger partial charge in [0, 0.05) is 32.7 Å². The Hall–Kier alpha value is -1.34. The van der Waals surface area contributed by atoms with Gasteiger partial charge in [0.05, 0.1) is 0 Å². The highest BCUT2D eigenvalue weighted by Gasteiger charge is 2.28. The number of aliphatic carboxylic acids is 1. The van der Waals surface area contributed by atoms with E-state index >= 15 is 0 Å². The van der Waals surface area contributed by atoms with E-state index in [-0.39, 0.29) is 25.6 Å². The molecule has 0 saturated carbocycles. The SMILES string of the molecule is O=C(O)[C@H](CCO)NC(=O)N1CCC(CCO)C1. The van der Waals surface area contributed by atoms with Crippen LogP contribution in [-0.2, 0) is 4.79 Å². The van der Waals surface area contributed by atoms with Crippen LogP contribution in [0.15, 0.2) is 0 Å². The number of rotatable bonds is 6. The monoisotopic (exact) mass is 260 g/mol. The summed E-state index contributed by atoms with van der Waals surface area (Å²) in [6, 6.07) is -1.48. The molecule has 1 aliphatic rings. The van der Waals surface area contributed by atoms with Gasteiger partial charge in [-0.25, -0.2) is 9.59 Å². The molecule has 0 aromatic rings. The zero-order valence-corrected chi connectivity index (χ0v) is 10.2. The number of amides is 2. The third kappa shape index (κ3) is 4.15. The zero-order valence-electron chi connectivity index (χ0n) is 10.2. The lowest BCUT2D eigenvalue weighted by molar-refractivity contribution is -0.139. The number of aliphatic hydroxyl groups is 2. The summed E-state index contributed by atoms with van der Waals surface area (Å²) in [5, 5.41) is 28.8. The number of urea groups is 1. The smallest absolute Gasteiger partial charge is 0.326 e. The van der Waals surface area contributed by atoms with Gasteiger partial charge in [-0.3, -0.25) is 0 Å². The van der Waals surface area contributed by atoms with Crippen molar-refractivity contribution in [1.82, 2.24) is 10.2 Å². The Kier molecular flexibility index (Phi) is 5.87. The van der Waals surface area contributed by atoms with Crippen LogP contribution in [0.4, 0.5) is 4.79 Å². The van der Waals surface area contributed by atoms with Gasteiger partial charge in [-0.05, 0) is 18.8 Å². The van der Waals surface area contributed by atoms with Crippen molar-refractivity contribution in [2.75, 3.05) is 26.3 Å². The summed E-state index contributed by atoms with van der Waals surface area (Å²) < 4.78 is 0. The van der Waals surface area contributed by atoms with Gasteiger partial charge in [-0.2, -0.15) is 0 Å². The molecule has 18 heavy (non-hydrogen) atoms. The second-order valence-electron chi connectivity index (χ2n) is 4.47. The van der Waals surface area contributed by atoms with Gasteiger partial charge in [-0.15, -0.1) is 0 Å². The third-order valence-corrected chi connectivity index (χ3v) is 3.12. The van der Waals surface area contributed by atoms with Gasteiger partial charge in [-0.1, -0.05) is 0 Å². The van der Waals surface area contributed by atoms with E-state index in [2.05, 4.69) is 5.32 Å². The van der Waals surface area contributed by atoms with Crippen LogP contribution < -0.4 is 5.32 Å². The summed E-state index contributed by atoms with van der Waals surface area (Å²) in [6.45, 7) is 0.923. The molecule has 7 heteroatoms. The molecule has 0 radical (unpaired) electrons. The topological polar surface area (TPSA) is 110 Å². The first-order valence-electron chi connectivity index (χ1n) is 6.08. The van der Waals surface area contributed by atoms with Crippen LogP contribution in [0.5, 0.6) is 0 Å². The van der Waals surface area contributed by atoms with E-state index in [1.54, 1.807) is 4.90 Å². The van der Waals surface area contributed by atoms with Crippen LogP contribution in [0.25, 0.3) is 0 Å². The Morgan fingerprint density at radius 3 is 2.61 bits per heavy atom. The van der Waals surface area contributed by atoms with Crippen molar-refractivity contribution in [3.63, 3.8) is 0 Å². The average Bonchev–Trinajstić information content (AvgIpc) is 2.77. The van der Waals surface area contributed by atoms with Gasteiger partial charge in [0.1, 0.15) is 6.04 Å². The highest BCUT2D eigenvalue weighted by Crippen LogP contribution is 2.19. The first-order chi connectivity index (χ1) is 8.58. The Labute approximate surface area is 105 Å². The second kappa shape index (κ2) is 7.17. The minimum absolute atomic E-state index is 0.00498. The maximum atomic E-state index is 11.8. The highest BCUT2D eigenvalue weighted by atomic mass is 16.4. The molecule has 7 nitrogen and oxygen atoms in total. The number of carbonyl (C=O) groups is 2. The summed E-state index contributed by atoms with van der Waals surface area (Å²) >= 11 is 0. The number of carboxylic acids is 1. The Morgan fingerprint density at radius 2 is 2.06 bits per heavy atom. The molecule has 0 aliphatic carbocycles. The molecule has 0 bridgehead atoms. The standard InChI is InChI=1S/C11H20N2O5/c14-5-2-8-1-4-13(7-8)11(18)12-9(3-6-15)10(16)17/h8-9,14-15H,1-7H2,(H,12,18)(H,16,17)/t8?,9-/m0/s1. The molecule has 0 aromatic heterocycles. The van der Waals surface area contributed by atoms with Gasteiger partial charge >= 0.3 is 12.0 Å². The molecule has 2 atom stereocenters. The Morgan fingerprint density at radius 1 is 1.33 bits per heavy atom. The number of carboxylic acid groups (broad SMARTS) is 1. The van der Waals surface area contributed by atoms with E-state index in [0.29, 0.717) is 19.5 Å². The van der Waals surface area contributed by atoms with Crippen molar-refractivity contribution in [1.29, 1.82) is 0 Å². The van der Waals surface area contributed by atoms with Crippen molar-refractivity contribution < 1.29 is 24.9 Å². The van der Waals surface area contributed by atoms with Crippen LogP contribution in [0.3, 0.4) is 0 Å². The van der Waals surface area contributed by atoms with Crippen LogP contribution >= 0.6 is 0 Å².